The molecule has 0 radical (unpaired) electrons. The Morgan fingerprint density at radius 1 is 1.19 bits per heavy atom. The van der Waals surface area contributed by atoms with Crippen LogP contribution >= 0.6 is 0 Å². The van der Waals surface area contributed by atoms with Gasteiger partial charge in [-0.2, -0.15) is 0 Å². The van der Waals surface area contributed by atoms with E-state index in [9.17, 15) is 22.8 Å². The summed E-state index contributed by atoms with van der Waals surface area (Å²) < 4.78 is 40.1. The van der Waals surface area contributed by atoms with Crippen LogP contribution in [0.1, 0.15) is 38.2 Å². The molecule has 150 valence electrons. The molecule has 8 heteroatoms. The summed E-state index contributed by atoms with van der Waals surface area (Å²) in [6.07, 6.45) is 1.98. The molecule has 5 nitrogen and oxygen atoms in total. The Morgan fingerprint density at radius 2 is 1.81 bits per heavy atom. The van der Waals surface area contributed by atoms with Crippen LogP contribution in [0.4, 0.5) is 13.2 Å². The Hall–Kier alpha value is -2.09. The fourth-order valence-electron chi connectivity index (χ4n) is 3.29. The maximum Gasteiger partial charge on any atom is 0.232 e. The SMILES string of the molecule is CCCNC(=O)CC(=O)N1CCC(C(N)Cc2cc(F)c(F)cc2F)CC1. The van der Waals surface area contributed by atoms with E-state index in [4.69, 9.17) is 5.73 Å². The van der Waals surface area contributed by atoms with E-state index in [1.54, 1.807) is 4.90 Å². The summed E-state index contributed by atoms with van der Waals surface area (Å²) in [5.41, 5.74) is 6.19. The molecule has 1 unspecified atom stereocenters. The Labute approximate surface area is 157 Å². The van der Waals surface area contributed by atoms with Crippen LogP contribution < -0.4 is 11.1 Å². The van der Waals surface area contributed by atoms with Crippen molar-refractivity contribution >= 4 is 11.8 Å². The fourth-order valence-corrected chi connectivity index (χ4v) is 3.29. The van der Waals surface area contributed by atoms with Crippen molar-refractivity contribution in [3.05, 3.63) is 35.1 Å². The summed E-state index contributed by atoms with van der Waals surface area (Å²) in [7, 11) is 0. The molecule has 0 aliphatic carbocycles. The Kier molecular flexibility index (Phi) is 7.65. The molecule has 1 saturated heterocycles. The van der Waals surface area contributed by atoms with Crippen molar-refractivity contribution < 1.29 is 22.8 Å². The van der Waals surface area contributed by atoms with Gasteiger partial charge in [0.1, 0.15) is 12.2 Å². The lowest BCUT2D eigenvalue weighted by molar-refractivity contribution is -0.137. The second kappa shape index (κ2) is 9.73. The van der Waals surface area contributed by atoms with Crippen LogP contribution in [-0.2, 0) is 16.0 Å². The van der Waals surface area contributed by atoms with E-state index in [1.807, 2.05) is 6.92 Å². The molecule has 0 spiro atoms. The maximum absolute atomic E-state index is 13.8. The Balaban J connectivity index is 1.83. The highest BCUT2D eigenvalue weighted by atomic mass is 19.2. The third kappa shape index (κ3) is 5.95. The summed E-state index contributed by atoms with van der Waals surface area (Å²) in [4.78, 5) is 25.4. The molecule has 2 rings (SSSR count). The molecule has 1 aliphatic heterocycles. The largest absolute Gasteiger partial charge is 0.356 e. The number of nitrogens with two attached hydrogens (primary N) is 1. The number of hydrogen-bond acceptors (Lipinski definition) is 3. The van der Waals surface area contributed by atoms with E-state index >= 15 is 0 Å². The van der Waals surface area contributed by atoms with Gasteiger partial charge < -0.3 is 16.0 Å². The molecule has 2 amide bonds. The Morgan fingerprint density at radius 3 is 2.44 bits per heavy atom. The average Bonchev–Trinajstić information content (AvgIpc) is 2.64. The van der Waals surface area contributed by atoms with Crippen molar-refractivity contribution in [3.8, 4) is 0 Å². The van der Waals surface area contributed by atoms with E-state index in [0.29, 0.717) is 38.5 Å². The smallest absolute Gasteiger partial charge is 0.232 e. The zero-order valence-corrected chi connectivity index (χ0v) is 15.4. The molecular weight excluding hydrogens is 359 g/mol. The third-order valence-electron chi connectivity index (χ3n) is 4.93. The summed E-state index contributed by atoms with van der Waals surface area (Å²) in [5, 5.41) is 2.67. The van der Waals surface area contributed by atoms with Crippen molar-refractivity contribution in [1.82, 2.24) is 10.2 Å². The minimum absolute atomic E-state index is 0.0375. The van der Waals surface area contributed by atoms with E-state index < -0.39 is 23.5 Å². The van der Waals surface area contributed by atoms with Gasteiger partial charge >= 0.3 is 0 Å². The number of piperidine rings is 1. The van der Waals surface area contributed by atoms with Crippen LogP contribution in [0.15, 0.2) is 12.1 Å². The van der Waals surface area contributed by atoms with E-state index in [2.05, 4.69) is 5.32 Å². The van der Waals surface area contributed by atoms with Gasteiger partial charge in [-0.25, -0.2) is 13.2 Å². The zero-order chi connectivity index (χ0) is 20.0. The van der Waals surface area contributed by atoms with Crippen LogP contribution in [0.2, 0.25) is 0 Å². The summed E-state index contributed by atoms with van der Waals surface area (Å²) in [6, 6.07) is 0.954. The van der Waals surface area contributed by atoms with Crippen molar-refractivity contribution in [2.24, 2.45) is 11.7 Å². The number of nitrogens with zero attached hydrogens (tertiary/aromatic N) is 1. The number of halogens is 3. The van der Waals surface area contributed by atoms with Gasteiger partial charge in [-0.05, 0) is 43.2 Å². The molecule has 3 N–H and O–H groups in total. The van der Waals surface area contributed by atoms with Gasteiger partial charge in [0.25, 0.3) is 0 Å². The Bertz CT molecular complexity index is 676. The van der Waals surface area contributed by atoms with E-state index in [1.165, 1.54) is 0 Å². The molecule has 27 heavy (non-hydrogen) atoms. The topological polar surface area (TPSA) is 75.4 Å². The quantitative estimate of drug-likeness (QED) is 0.558. The molecule has 1 aliphatic rings. The monoisotopic (exact) mass is 385 g/mol. The van der Waals surface area contributed by atoms with Crippen LogP contribution in [0.5, 0.6) is 0 Å². The molecular formula is C19H26F3N3O2. The van der Waals surface area contributed by atoms with Gasteiger partial charge in [0.05, 0.1) is 0 Å². The maximum atomic E-state index is 13.8. The van der Waals surface area contributed by atoms with Gasteiger partial charge in [-0.1, -0.05) is 6.92 Å². The molecule has 1 aromatic carbocycles. The molecule has 0 bridgehead atoms. The molecule has 0 saturated carbocycles. The third-order valence-corrected chi connectivity index (χ3v) is 4.93. The van der Waals surface area contributed by atoms with Gasteiger partial charge in [0, 0.05) is 31.7 Å². The average molecular weight is 385 g/mol. The number of likely N-dealkylation sites (tertiary alicyclic amines) is 1. The van der Waals surface area contributed by atoms with Crippen molar-refractivity contribution in [2.45, 2.75) is 45.1 Å². The standard InChI is InChI=1S/C19H26F3N3O2/c1-2-5-24-18(26)11-19(27)25-6-3-12(4-7-25)17(23)9-13-8-15(21)16(22)10-14(13)20/h8,10,12,17H,2-7,9,11,23H2,1H3,(H,24,26). The number of hydrogen-bond donors (Lipinski definition) is 2. The van der Waals surface area contributed by atoms with E-state index in [0.717, 1.165) is 12.5 Å². The van der Waals surface area contributed by atoms with Crippen molar-refractivity contribution in [3.63, 3.8) is 0 Å². The molecule has 1 aromatic rings. The lowest BCUT2D eigenvalue weighted by Gasteiger charge is -2.35. The second-order valence-corrected chi connectivity index (χ2v) is 6.97. The normalized spacial score (nSPS) is 16.3. The zero-order valence-electron chi connectivity index (χ0n) is 15.4. The predicted octanol–water partition coefficient (Wildman–Crippen LogP) is 2.13. The van der Waals surface area contributed by atoms with Gasteiger partial charge in [0.2, 0.25) is 11.8 Å². The first kappa shape index (κ1) is 21.2. The van der Waals surface area contributed by atoms with E-state index in [-0.39, 0.29) is 36.1 Å². The van der Waals surface area contributed by atoms with Crippen LogP contribution in [0.25, 0.3) is 0 Å². The van der Waals surface area contributed by atoms with Gasteiger partial charge in [-0.15, -0.1) is 0 Å². The highest BCUT2D eigenvalue weighted by Crippen LogP contribution is 2.24. The van der Waals surface area contributed by atoms with Crippen molar-refractivity contribution in [2.75, 3.05) is 19.6 Å². The minimum atomic E-state index is -1.22. The summed E-state index contributed by atoms with van der Waals surface area (Å²) in [5.74, 6) is -3.60. The van der Waals surface area contributed by atoms with Gasteiger partial charge in [0.15, 0.2) is 11.6 Å². The van der Waals surface area contributed by atoms with Crippen LogP contribution in [0, 0.1) is 23.4 Å². The fraction of sp³-hybridized carbons (Fsp3) is 0.579. The first-order valence-corrected chi connectivity index (χ1v) is 9.25. The number of benzene rings is 1. The first-order valence-electron chi connectivity index (χ1n) is 9.25. The van der Waals surface area contributed by atoms with Crippen LogP contribution in [-0.4, -0.2) is 42.4 Å². The number of carbonyl (C=O) groups excluding carboxylic acids is 2. The van der Waals surface area contributed by atoms with Gasteiger partial charge in [-0.3, -0.25) is 9.59 Å². The minimum Gasteiger partial charge on any atom is -0.356 e. The highest BCUT2D eigenvalue weighted by molar-refractivity contribution is 5.96. The number of amides is 2. The van der Waals surface area contributed by atoms with Crippen molar-refractivity contribution in [1.29, 1.82) is 0 Å². The molecule has 1 heterocycles. The predicted molar refractivity (Wildman–Crippen MR) is 95.2 cm³/mol. The summed E-state index contributed by atoms with van der Waals surface area (Å²) in [6.45, 7) is 3.42. The highest BCUT2D eigenvalue weighted by Gasteiger charge is 2.28. The second-order valence-electron chi connectivity index (χ2n) is 6.97. The van der Waals surface area contributed by atoms with Crippen LogP contribution in [0.3, 0.4) is 0 Å². The molecule has 1 atom stereocenters. The number of nitrogens with one attached hydrogen (secondary N) is 1. The molecule has 1 fully saturated rings. The molecule has 0 aromatic heterocycles. The number of rotatable bonds is 7. The lowest BCUT2D eigenvalue weighted by atomic mass is 9.86. The number of carbonyl (C=O) groups is 2. The summed E-state index contributed by atoms with van der Waals surface area (Å²) >= 11 is 0. The lowest BCUT2D eigenvalue weighted by Crippen LogP contribution is -2.45. The first-order chi connectivity index (χ1) is 12.8.